The Morgan fingerprint density at radius 2 is 2.12 bits per heavy atom. The second-order valence-electron chi connectivity index (χ2n) is 5.40. The number of carbonyl (C=O) groups is 1. The molecule has 3 aromatic rings. The minimum Gasteiger partial charge on any atom is -0.339 e. The van der Waals surface area contributed by atoms with Crippen molar-refractivity contribution < 1.29 is 22.5 Å². The zero-order chi connectivity index (χ0) is 18.9. The molecule has 11 heteroatoms. The van der Waals surface area contributed by atoms with Gasteiger partial charge >= 0.3 is 6.18 Å². The summed E-state index contributed by atoms with van der Waals surface area (Å²) in [5.41, 5.74) is -0.899. The number of aromatic nitrogens is 5. The van der Waals surface area contributed by atoms with Gasteiger partial charge in [0.2, 0.25) is 11.7 Å². The van der Waals surface area contributed by atoms with Gasteiger partial charge in [-0.3, -0.25) is 14.5 Å². The number of alkyl halides is 3. The number of hydrogen-bond donors (Lipinski definition) is 1. The molecule has 8 nitrogen and oxygen atoms in total. The van der Waals surface area contributed by atoms with E-state index in [1.165, 1.54) is 7.05 Å². The summed E-state index contributed by atoms with van der Waals surface area (Å²) in [4.78, 5) is 20.4. The van der Waals surface area contributed by atoms with Gasteiger partial charge < -0.3 is 9.84 Å². The van der Waals surface area contributed by atoms with Crippen molar-refractivity contribution >= 4 is 5.91 Å². The van der Waals surface area contributed by atoms with E-state index in [0.29, 0.717) is 11.8 Å². The first-order chi connectivity index (χ1) is 12.3. The summed E-state index contributed by atoms with van der Waals surface area (Å²) < 4.78 is 44.0. The molecule has 0 saturated carbocycles. The number of nitrogens with one attached hydrogen (secondary N) is 1. The number of pyridine rings is 1. The van der Waals surface area contributed by atoms with Gasteiger partial charge in [0.25, 0.3) is 5.91 Å². The number of carbonyl (C=O) groups excluding carboxylic acids is 1. The first-order valence-electron chi connectivity index (χ1n) is 7.43. The number of halogens is 3. The van der Waals surface area contributed by atoms with Crippen molar-refractivity contribution in [2.24, 2.45) is 7.05 Å². The summed E-state index contributed by atoms with van der Waals surface area (Å²) in [6.07, 6.45) is -3.07. The Morgan fingerprint density at radius 1 is 1.35 bits per heavy atom. The fourth-order valence-electron chi connectivity index (χ4n) is 2.16. The maximum absolute atomic E-state index is 12.7. The van der Waals surface area contributed by atoms with Crippen LogP contribution in [0, 0.1) is 0 Å². The molecule has 0 aliphatic heterocycles. The van der Waals surface area contributed by atoms with Crippen LogP contribution in [0.25, 0.3) is 11.5 Å². The van der Waals surface area contributed by atoms with Gasteiger partial charge in [-0.15, -0.1) is 0 Å². The lowest BCUT2D eigenvalue weighted by molar-refractivity contribution is -0.141. The normalized spacial score (nSPS) is 12.8. The van der Waals surface area contributed by atoms with Gasteiger partial charge in [0.05, 0.1) is 0 Å². The van der Waals surface area contributed by atoms with Crippen molar-refractivity contribution in [3.05, 3.63) is 47.7 Å². The summed E-state index contributed by atoms with van der Waals surface area (Å²) in [7, 11) is 1.25. The smallest absolute Gasteiger partial charge is 0.339 e. The van der Waals surface area contributed by atoms with E-state index in [-0.39, 0.29) is 17.4 Å². The monoisotopic (exact) mass is 366 g/mol. The predicted molar refractivity (Wildman–Crippen MR) is 81.6 cm³/mol. The van der Waals surface area contributed by atoms with E-state index in [0.717, 1.165) is 4.68 Å². The Bertz CT molecular complexity index is 919. The van der Waals surface area contributed by atoms with E-state index < -0.39 is 23.8 Å². The number of hydrogen-bond acceptors (Lipinski definition) is 6. The first-order valence-corrected chi connectivity index (χ1v) is 7.43. The number of aryl methyl sites for hydroxylation is 1. The third-order valence-corrected chi connectivity index (χ3v) is 3.46. The van der Waals surface area contributed by atoms with Gasteiger partial charge in [-0.2, -0.15) is 23.3 Å². The van der Waals surface area contributed by atoms with Gasteiger partial charge in [-0.1, -0.05) is 11.2 Å². The average Bonchev–Trinajstić information content (AvgIpc) is 3.22. The van der Waals surface area contributed by atoms with Crippen molar-refractivity contribution in [1.29, 1.82) is 0 Å². The molecule has 1 amide bonds. The van der Waals surface area contributed by atoms with E-state index >= 15 is 0 Å². The molecule has 0 aliphatic rings. The van der Waals surface area contributed by atoms with Crippen molar-refractivity contribution in [2.75, 3.05) is 0 Å². The van der Waals surface area contributed by atoms with Crippen LogP contribution >= 0.6 is 0 Å². The van der Waals surface area contributed by atoms with Crippen LogP contribution in [0.15, 0.2) is 35.0 Å². The Hall–Kier alpha value is -3.24. The molecule has 3 aromatic heterocycles. The van der Waals surface area contributed by atoms with Crippen LogP contribution in [0.5, 0.6) is 0 Å². The zero-order valence-electron chi connectivity index (χ0n) is 13.7. The van der Waals surface area contributed by atoms with Gasteiger partial charge in [0.1, 0.15) is 17.4 Å². The van der Waals surface area contributed by atoms with E-state index in [9.17, 15) is 18.0 Å². The topological polar surface area (TPSA) is 98.7 Å². The minimum atomic E-state index is -4.63. The minimum absolute atomic E-state index is 0.0946. The lowest BCUT2D eigenvalue weighted by Crippen LogP contribution is -2.28. The highest BCUT2D eigenvalue weighted by Gasteiger charge is 2.35. The highest BCUT2D eigenvalue weighted by molar-refractivity contribution is 5.92. The summed E-state index contributed by atoms with van der Waals surface area (Å²) in [6, 6.07) is 5.12. The van der Waals surface area contributed by atoms with Crippen LogP contribution < -0.4 is 5.32 Å². The molecule has 1 atom stereocenters. The molecule has 0 bridgehead atoms. The Kier molecular flexibility index (Phi) is 4.45. The SMILES string of the molecule is C[C@H](NC(=O)c1cc(C(F)(F)F)nn1C)c1nc(-c2ccccn2)no1. The molecule has 0 radical (unpaired) electrons. The molecule has 0 saturated heterocycles. The summed E-state index contributed by atoms with van der Waals surface area (Å²) >= 11 is 0. The Balaban J connectivity index is 1.74. The highest BCUT2D eigenvalue weighted by Crippen LogP contribution is 2.28. The quantitative estimate of drug-likeness (QED) is 0.761. The molecule has 0 unspecified atom stereocenters. The van der Waals surface area contributed by atoms with Crippen LogP contribution in [0.4, 0.5) is 13.2 Å². The summed E-state index contributed by atoms with van der Waals surface area (Å²) in [5, 5.41) is 9.57. The summed E-state index contributed by atoms with van der Waals surface area (Å²) in [5.74, 6) is -0.417. The van der Waals surface area contributed by atoms with Crippen LogP contribution in [0.1, 0.15) is 35.0 Å². The molecule has 0 fully saturated rings. The van der Waals surface area contributed by atoms with Crippen LogP contribution in [-0.2, 0) is 13.2 Å². The highest BCUT2D eigenvalue weighted by atomic mass is 19.4. The zero-order valence-corrected chi connectivity index (χ0v) is 13.7. The molecule has 0 spiro atoms. The molecule has 1 N–H and O–H groups in total. The third-order valence-electron chi connectivity index (χ3n) is 3.46. The molecule has 3 rings (SSSR count). The molecular weight excluding hydrogens is 353 g/mol. The molecular formula is C15H13F3N6O2. The molecule has 3 heterocycles. The fourth-order valence-corrected chi connectivity index (χ4v) is 2.16. The predicted octanol–water partition coefficient (Wildman–Crippen LogP) is 2.37. The van der Waals surface area contributed by atoms with E-state index in [1.54, 1.807) is 31.3 Å². The largest absolute Gasteiger partial charge is 0.435 e. The number of rotatable bonds is 4. The maximum atomic E-state index is 12.7. The molecule has 0 aliphatic carbocycles. The van der Waals surface area contributed by atoms with Gasteiger partial charge in [-0.25, -0.2) is 0 Å². The van der Waals surface area contributed by atoms with Gasteiger partial charge in [-0.05, 0) is 19.1 Å². The maximum Gasteiger partial charge on any atom is 0.435 e. The molecule has 26 heavy (non-hydrogen) atoms. The Morgan fingerprint density at radius 3 is 2.73 bits per heavy atom. The lowest BCUT2D eigenvalue weighted by Gasteiger charge is -2.09. The standard InChI is InChI=1S/C15H13F3N6O2/c1-8(14-21-12(23-26-14)9-5-3-4-6-19-9)20-13(25)10-7-11(15(16,17)18)22-24(10)2/h3-8H,1-2H3,(H,20,25)/t8-/m0/s1. The lowest BCUT2D eigenvalue weighted by atomic mass is 10.3. The van der Waals surface area contributed by atoms with Crippen LogP contribution in [-0.4, -0.2) is 30.8 Å². The Labute approximate surface area is 145 Å². The van der Waals surface area contributed by atoms with Crippen LogP contribution in [0.2, 0.25) is 0 Å². The van der Waals surface area contributed by atoms with Crippen LogP contribution in [0.3, 0.4) is 0 Å². The van der Waals surface area contributed by atoms with Crippen molar-refractivity contribution in [2.45, 2.75) is 19.1 Å². The van der Waals surface area contributed by atoms with E-state index in [2.05, 4.69) is 25.5 Å². The van der Waals surface area contributed by atoms with E-state index in [4.69, 9.17) is 4.52 Å². The number of nitrogens with zero attached hydrogens (tertiary/aromatic N) is 5. The van der Waals surface area contributed by atoms with Crippen molar-refractivity contribution in [3.8, 4) is 11.5 Å². The molecule has 136 valence electrons. The third kappa shape index (κ3) is 3.55. The van der Waals surface area contributed by atoms with Crippen molar-refractivity contribution in [3.63, 3.8) is 0 Å². The average molecular weight is 366 g/mol. The fraction of sp³-hybridized carbons (Fsp3) is 0.267. The number of amides is 1. The van der Waals surface area contributed by atoms with Crippen molar-refractivity contribution in [1.82, 2.24) is 30.2 Å². The second-order valence-corrected chi connectivity index (χ2v) is 5.40. The van der Waals surface area contributed by atoms with Gasteiger partial charge in [0.15, 0.2) is 5.69 Å². The van der Waals surface area contributed by atoms with Gasteiger partial charge in [0, 0.05) is 19.3 Å². The first kappa shape index (κ1) is 17.6. The van der Waals surface area contributed by atoms with E-state index in [1.807, 2.05) is 0 Å². The molecule has 0 aromatic carbocycles. The second kappa shape index (κ2) is 6.58. The summed E-state index contributed by atoms with van der Waals surface area (Å²) in [6.45, 7) is 1.56.